The van der Waals surface area contributed by atoms with Crippen LogP contribution >= 0.6 is 11.6 Å². The van der Waals surface area contributed by atoms with Gasteiger partial charge in [-0.25, -0.2) is 0 Å². The minimum Gasteiger partial charge on any atom is -0.385 e. The van der Waals surface area contributed by atoms with E-state index in [1.165, 1.54) is 12.8 Å². The molecule has 1 heterocycles. The zero-order valence-electron chi connectivity index (χ0n) is 9.67. The average molecular weight is 250 g/mol. The molecule has 3 nitrogen and oxygen atoms in total. The molecular weight excluding hydrogens is 234 g/mol. The molecule has 1 saturated heterocycles. The van der Waals surface area contributed by atoms with Crippen molar-refractivity contribution in [3.8, 4) is 6.07 Å². The molecular formula is C13H16ClN3. The maximum Gasteiger partial charge on any atom is 0.101 e. The van der Waals surface area contributed by atoms with Crippen LogP contribution in [0.5, 0.6) is 0 Å². The van der Waals surface area contributed by atoms with Crippen LogP contribution in [0, 0.1) is 17.2 Å². The normalized spacial score (nSPS) is 16.5. The molecule has 0 unspecified atom stereocenters. The average Bonchev–Trinajstić information content (AvgIpc) is 2.38. The number of rotatable bonds is 3. The Labute approximate surface area is 107 Å². The van der Waals surface area contributed by atoms with Gasteiger partial charge in [0, 0.05) is 12.2 Å². The third kappa shape index (κ3) is 3.36. The van der Waals surface area contributed by atoms with Gasteiger partial charge in [-0.3, -0.25) is 0 Å². The Hall–Kier alpha value is -1.24. The van der Waals surface area contributed by atoms with Crippen LogP contribution in [0.1, 0.15) is 18.4 Å². The second-order valence-electron chi connectivity index (χ2n) is 4.38. The lowest BCUT2D eigenvalue weighted by atomic mass is 9.98. The molecule has 0 aliphatic carbocycles. The molecule has 1 aliphatic rings. The first kappa shape index (κ1) is 12.2. The molecule has 0 atom stereocenters. The summed E-state index contributed by atoms with van der Waals surface area (Å²) in [5.74, 6) is 0.727. The summed E-state index contributed by atoms with van der Waals surface area (Å²) in [5.41, 5.74) is 1.52. The van der Waals surface area contributed by atoms with E-state index in [9.17, 15) is 0 Å². The van der Waals surface area contributed by atoms with Gasteiger partial charge in [0.2, 0.25) is 0 Å². The molecule has 0 radical (unpaired) electrons. The fraction of sp³-hybridized carbons (Fsp3) is 0.462. The molecule has 1 aliphatic heterocycles. The Morgan fingerprint density at radius 3 is 2.82 bits per heavy atom. The second kappa shape index (κ2) is 5.90. The third-order valence-corrected chi connectivity index (χ3v) is 3.46. The highest BCUT2D eigenvalue weighted by Gasteiger charge is 2.12. The number of hydrogen-bond donors (Lipinski definition) is 2. The number of piperidine rings is 1. The van der Waals surface area contributed by atoms with Gasteiger partial charge in [-0.1, -0.05) is 11.6 Å². The smallest absolute Gasteiger partial charge is 0.101 e. The lowest BCUT2D eigenvalue weighted by Crippen LogP contribution is -2.31. The van der Waals surface area contributed by atoms with Crippen LogP contribution in [0.15, 0.2) is 18.2 Å². The van der Waals surface area contributed by atoms with E-state index in [2.05, 4.69) is 16.7 Å². The molecule has 1 aromatic rings. The molecule has 0 aromatic heterocycles. The molecule has 0 amide bonds. The Bertz CT molecular complexity index is 419. The van der Waals surface area contributed by atoms with Crippen molar-refractivity contribution in [2.24, 2.45) is 5.92 Å². The number of nitrogens with zero attached hydrogens (tertiary/aromatic N) is 1. The van der Waals surface area contributed by atoms with Crippen LogP contribution in [0.3, 0.4) is 0 Å². The number of hydrogen-bond acceptors (Lipinski definition) is 3. The van der Waals surface area contributed by atoms with E-state index in [-0.39, 0.29) is 0 Å². The summed E-state index contributed by atoms with van der Waals surface area (Å²) in [7, 11) is 0. The van der Waals surface area contributed by atoms with Gasteiger partial charge in [0.25, 0.3) is 0 Å². The van der Waals surface area contributed by atoms with Crippen molar-refractivity contribution in [3.63, 3.8) is 0 Å². The summed E-state index contributed by atoms with van der Waals surface area (Å²) in [6.45, 7) is 3.20. The van der Waals surface area contributed by atoms with Crippen LogP contribution in [0.25, 0.3) is 0 Å². The van der Waals surface area contributed by atoms with Gasteiger partial charge >= 0.3 is 0 Å². The van der Waals surface area contributed by atoms with Crippen LogP contribution in [-0.2, 0) is 0 Å². The Morgan fingerprint density at radius 2 is 2.18 bits per heavy atom. The molecule has 1 fully saturated rings. The van der Waals surface area contributed by atoms with Gasteiger partial charge in [0.05, 0.1) is 10.6 Å². The van der Waals surface area contributed by atoms with E-state index in [0.717, 1.165) is 31.2 Å². The van der Waals surface area contributed by atoms with E-state index >= 15 is 0 Å². The summed E-state index contributed by atoms with van der Waals surface area (Å²) in [6.07, 6.45) is 2.44. The minimum atomic E-state index is 0.516. The fourth-order valence-electron chi connectivity index (χ4n) is 2.06. The van der Waals surface area contributed by atoms with Crippen LogP contribution in [0.4, 0.5) is 5.69 Å². The van der Waals surface area contributed by atoms with E-state index in [1.807, 2.05) is 12.1 Å². The number of anilines is 1. The summed E-state index contributed by atoms with van der Waals surface area (Å²) in [6, 6.07) is 7.55. The van der Waals surface area contributed by atoms with E-state index < -0.39 is 0 Å². The summed E-state index contributed by atoms with van der Waals surface area (Å²) in [4.78, 5) is 0. The highest BCUT2D eigenvalue weighted by molar-refractivity contribution is 6.32. The van der Waals surface area contributed by atoms with Crippen molar-refractivity contribution in [1.82, 2.24) is 5.32 Å². The van der Waals surface area contributed by atoms with E-state index in [4.69, 9.17) is 16.9 Å². The van der Waals surface area contributed by atoms with Crippen molar-refractivity contribution in [1.29, 1.82) is 5.26 Å². The van der Waals surface area contributed by atoms with Gasteiger partial charge in [-0.15, -0.1) is 0 Å². The quantitative estimate of drug-likeness (QED) is 0.866. The van der Waals surface area contributed by atoms with Crippen LogP contribution in [-0.4, -0.2) is 19.6 Å². The molecule has 4 heteroatoms. The van der Waals surface area contributed by atoms with Gasteiger partial charge in [0.1, 0.15) is 6.07 Å². The molecule has 0 spiro atoms. The number of nitriles is 1. The first-order valence-corrected chi connectivity index (χ1v) is 6.31. The largest absolute Gasteiger partial charge is 0.385 e. The second-order valence-corrected chi connectivity index (χ2v) is 4.79. The Kier molecular flexibility index (Phi) is 4.24. The van der Waals surface area contributed by atoms with Crippen molar-refractivity contribution in [2.45, 2.75) is 12.8 Å². The maximum atomic E-state index is 8.78. The van der Waals surface area contributed by atoms with Crippen LogP contribution in [0.2, 0.25) is 5.02 Å². The number of halogens is 1. The summed E-state index contributed by atoms with van der Waals surface area (Å²) >= 11 is 5.98. The Balaban J connectivity index is 1.90. The van der Waals surface area contributed by atoms with Gasteiger partial charge in [0.15, 0.2) is 0 Å². The highest BCUT2D eigenvalue weighted by Crippen LogP contribution is 2.21. The van der Waals surface area contributed by atoms with Gasteiger partial charge in [-0.2, -0.15) is 5.26 Å². The highest BCUT2D eigenvalue weighted by atomic mass is 35.5. The van der Waals surface area contributed by atoms with Gasteiger partial charge in [-0.05, 0) is 50.0 Å². The van der Waals surface area contributed by atoms with E-state index in [0.29, 0.717) is 10.6 Å². The number of benzene rings is 1. The Morgan fingerprint density at radius 1 is 1.41 bits per heavy atom. The van der Waals surface area contributed by atoms with Gasteiger partial charge < -0.3 is 10.6 Å². The topological polar surface area (TPSA) is 47.9 Å². The van der Waals surface area contributed by atoms with Crippen molar-refractivity contribution in [2.75, 3.05) is 25.0 Å². The molecule has 0 saturated carbocycles. The predicted octanol–water partition coefficient (Wildman–Crippen LogP) is 2.62. The lowest BCUT2D eigenvalue weighted by molar-refractivity contribution is 0.390. The van der Waals surface area contributed by atoms with Crippen molar-refractivity contribution >= 4 is 17.3 Å². The fourth-order valence-corrected chi connectivity index (χ4v) is 2.29. The van der Waals surface area contributed by atoms with Crippen molar-refractivity contribution in [3.05, 3.63) is 28.8 Å². The molecule has 1 aromatic carbocycles. The molecule has 0 bridgehead atoms. The molecule has 17 heavy (non-hydrogen) atoms. The first-order chi connectivity index (χ1) is 8.29. The SMILES string of the molecule is N#Cc1ccc(NCC2CCNCC2)cc1Cl. The lowest BCUT2D eigenvalue weighted by Gasteiger charge is -2.23. The standard InChI is InChI=1S/C13H16ClN3/c14-13-7-12(2-1-11(13)8-15)17-9-10-3-5-16-6-4-10/h1-2,7,10,16-17H,3-6,9H2. The van der Waals surface area contributed by atoms with Crippen molar-refractivity contribution < 1.29 is 0 Å². The molecule has 2 rings (SSSR count). The van der Waals surface area contributed by atoms with Crippen LogP contribution < -0.4 is 10.6 Å². The summed E-state index contributed by atoms with van der Waals surface area (Å²) in [5, 5.41) is 16.0. The predicted molar refractivity (Wildman–Crippen MR) is 70.3 cm³/mol. The minimum absolute atomic E-state index is 0.516. The zero-order chi connectivity index (χ0) is 12.1. The number of nitrogens with one attached hydrogen (secondary N) is 2. The third-order valence-electron chi connectivity index (χ3n) is 3.14. The summed E-state index contributed by atoms with van der Waals surface area (Å²) < 4.78 is 0. The zero-order valence-corrected chi connectivity index (χ0v) is 10.4. The molecule has 90 valence electrons. The molecule has 2 N–H and O–H groups in total. The maximum absolute atomic E-state index is 8.78. The first-order valence-electron chi connectivity index (χ1n) is 5.94. The monoisotopic (exact) mass is 249 g/mol. The van der Waals surface area contributed by atoms with E-state index in [1.54, 1.807) is 6.07 Å².